The van der Waals surface area contributed by atoms with Gasteiger partial charge in [-0.3, -0.25) is 0 Å². The number of sulfonamides is 1. The summed E-state index contributed by atoms with van der Waals surface area (Å²) in [6.45, 7) is 5.21. The third-order valence-corrected chi connectivity index (χ3v) is 5.87. The van der Waals surface area contributed by atoms with Crippen LogP contribution in [0.2, 0.25) is 5.02 Å². The summed E-state index contributed by atoms with van der Waals surface area (Å²) in [4.78, 5) is 2.41. The minimum absolute atomic E-state index is 0.191. The molecule has 20 heavy (non-hydrogen) atoms. The molecule has 7 heteroatoms. The normalized spacial score (nSPS) is 18.4. The van der Waals surface area contributed by atoms with Gasteiger partial charge in [0.05, 0.1) is 11.5 Å². The molecule has 0 atom stereocenters. The minimum atomic E-state index is -3.51. The summed E-state index contributed by atoms with van der Waals surface area (Å²) >= 11 is 5.90. The van der Waals surface area contributed by atoms with Crippen molar-refractivity contribution in [2.24, 2.45) is 0 Å². The van der Waals surface area contributed by atoms with Crippen molar-refractivity contribution < 1.29 is 13.5 Å². The van der Waals surface area contributed by atoms with Crippen molar-refractivity contribution >= 4 is 21.6 Å². The lowest BCUT2D eigenvalue weighted by Gasteiger charge is -2.33. The molecule has 0 spiro atoms. The number of piperazine rings is 1. The van der Waals surface area contributed by atoms with Crippen LogP contribution in [0.5, 0.6) is 0 Å². The first kappa shape index (κ1) is 15.7. The lowest BCUT2D eigenvalue weighted by molar-refractivity contribution is 0.196. The smallest absolute Gasteiger partial charge is 0.243 e. The maximum atomic E-state index is 12.5. The van der Waals surface area contributed by atoms with E-state index in [4.69, 9.17) is 11.6 Å². The molecule has 1 aromatic rings. The van der Waals surface area contributed by atoms with Crippen LogP contribution in [0.4, 0.5) is 0 Å². The van der Waals surface area contributed by atoms with E-state index in [0.29, 0.717) is 23.7 Å². The summed E-state index contributed by atoms with van der Waals surface area (Å²) in [7, 11) is -3.51. The number of nitrogens with zero attached hydrogens (tertiary/aromatic N) is 2. The third kappa shape index (κ3) is 3.15. The van der Waals surface area contributed by atoms with Gasteiger partial charge < -0.3 is 10.0 Å². The van der Waals surface area contributed by atoms with Gasteiger partial charge >= 0.3 is 0 Å². The zero-order valence-corrected chi connectivity index (χ0v) is 13.0. The first-order chi connectivity index (χ1) is 9.48. The summed E-state index contributed by atoms with van der Waals surface area (Å²) < 4.78 is 26.6. The Morgan fingerprint density at radius 2 is 1.90 bits per heavy atom. The summed E-state index contributed by atoms with van der Waals surface area (Å²) in [5.74, 6) is 0. The molecule has 0 saturated carbocycles. The molecule has 1 saturated heterocycles. The summed E-state index contributed by atoms with van der Waals surface area (Å²) in [5.41, 5.74) is 0.430. The van der Waals surface area contributed by atoms with Crippen molar-refractivity contribution in [3.05, 3.63) is 28.8 Å². The van der Waals surface area contributed by atoms with Crippen LogP contribution >= 0.6 is 11.6 Å². The van der Waals surface area contributed by atoms with E-state index in [1.54, 1.807) is 0 Å². The summed E-state index contributed by atoms with van der Waals surface area (Å²) in [5, 5.41) is 9.56. The van der Waals surface area contributed by atoms with Gasteiger partial charge in [-0.1, -0.05) is 18.5 Å². The monoisotopic (exact) mass is 318 g/mol. The Hall–Kier alpha value is -0.660. The van der Waals surface area contributed by atoms with Crippen molar-refractivity contribution in [1.29, 1.82) is 0 Å². The second kappa shape index (κ2) is 6.41. The number of aliphatic hydroxyl groups is 1. The van der Waals surface area contributed by atoms with E-state index in [1.807, 2.05) is 0 Å². The van der Waals surface area contributed by atoms with Crippen LogP contribution in [0.15, 0.2) is 23.1 Å². The number of benzene rings is 1. The van der Waals surface area contributed by atoms with Crippen LogP contribution in [0.3, 0.4) is 0 Å². The lowest BCUT2D eigenvalue weighted by atomic mass is 10.2. The van der Waals surface area contributed by atoms with Gasteiger partial charge in [0.25, 0.3) is 0 Å². The molecule has 0 aromatic heterocycles. The number of likely N-dealkylation sites (N-methyl/N-ethyl adjacent to an activating group) is 1. The Kier molecular flexibility index (Phi) is 5.04. The molecule has 0 amide bonds. The Bertz CT molecular complexity index is 569. The highest BCUT2D eigenvalue weighted by molar-refractivity contribution is 7.89. The van der Waals surface area contributed by atoms with E-state index < -0.39 is 10.0 Å². The second-order valence-corrected chi connectivity index (χ2v) is 7.09. The number of halogens is 1. The van der Waals surface area contributed by atoms with Gasteiger partial charge in [-0.25, -0.2) is 8.42 Å². The number of aliphatic hydroxyl groups excluding tert-OH is 1. The Morgan fingerprint density at radius 3 is 2.45 bits per heavy atom. The molecular formula is C13H19ClN2O3S. The van der Waals surface area contributed by atoms with Gasteiger partial charge in [0.1, 0.15) is 0 Å². The number of hydrogen-bond acceptors (Lipinski definition) is 4. The molecule has 0 bridgehead atoms. The maximum Gasteiger partial charge on any atom is 0.243 e. The summed E-state index contributed by atoms with van der Waals surface area (Å²) in [6.07, 6.45) is 0. The van der Waals surface area contributed by atoms with E-state index in [9.17, 15) is 13.5 Å². The molecule has 112 valence electrons. The molecule has 1 aromatic carbocycles. The lowest BCUT2D eigenvalue weighted by Crippen LogP contribution is -2.48. The predicted molar refractivity (Wildman–Crippen MR) is 78.2 cm³/mol. The highest BCUT2D eigenvalue weighted by atomic mass is 35.5. The SMILES string of the molecule is CCN1CCN(S(=O)(=O)c2ccc(Cl)c(CO)c2)CC1. The Morgan fingerprint density at radius 1 is 1.25 bits per heavy atom. The fraction of sp³-hybridized carbons (Fsp3) is 0.538. The molecule has 1 fully saturated rings. The first-order valence-corrected chi connectivity index (χ1v) is 8.42. The van der Waals surface area contributed by atoms with E-state index >= 15 is 0 Å². The van der Waals surface area contributed by atoms with Gasteiger partial charge in [-0.15, -0.1) is 0 Å². The summed E-state index contributed by atoms with van der Waals surface area (Å²) in [6, 6.07) is 4.45. The molecular weight excluding hydrogens is 300 g/mol. The van der Waals surface area contributed by atoms with Gasteiger partial charge in [0.15, 0.2) is 0 Å². The number of rotatable bonds is 4. The van der Waals surface area contributed by atoms with Crippen molar-refractivity contribution in [2.45, 2.75) is 18.4 Å². The van der Waals surface area contributed by atoms with Crippen LogP contribution in [-0.4, -0.2) is 55.5 Å². The van der Waals surface area contributed by atoms with Gasteiger partial charge in [-0.05, 0) is 30.3 Å². The van der Waals surface area contributed by atoms with Gasteiger partial charge in [0, 0.05) is 31.2 Å². The molecule has 1 aliphatic rings. The Balaban J connectivity index is 2.22. The molecule has 2 rings (SSSR count). The zero-order chi connectivity index (χ0) is 14.8. The highest BCUT2D eigenvalue weighted by Gasteiger charge is 2.28. The minimum Gasteiger partial charge on any atom is -0.392 e. The molecule has 5 nitrogen and oxygen atoms in total. The standard InChI is InChI=1S/C13H19ClN2O3S/c1-2-15-5-7-16(8-6-15)20(18,19)12-3-4-13(14)11(9-12)10-17/h3-4,9,17H,2,5-8,10H2,1H3. The average Bonchev–Trinajstić information content (AvgIpc) is 2.47. The van der Waals surface area contributed by atoms with Crippen molar-refractivity contribution in [3.8, 4) is 0 Å². The fourth-order valence-corrected chi connectivity index (χ4v) is 3.92. The maximum absolute atomic E-state index is 12.5. The molecule has 1 aliphatic heterocycles. The quantitative estimate of drug-likeness (QED) is 0.905. The largest absolute Gasteiger partial charge is 0.392 e. The van der Waals surface area contributed by atoms with Crippen LogP contribution < -0.4 is 0 Å². The molecule has 0 aliphatic carbocycles. The van der Waals surface area contributed by atoms with Crippen LogP contribution in [0.25, 0.3) is 0 Å². The van der Waals surface area contributed by atoms with Crippen molar-refractivity contribution in [2.75, 3.05) is 32.7 Å². The molecule has 1 heterocycles. The van der Waals surface area contributed by atoms with Gasteiger partial charge in [0.2, 0.25) is 10.0 Å². The van der Waals surface area contributed by atoms with Crippen LogP contribution in [0.1, 0.15) is 12.5 Å². The first-order valence-electron chi connectivity index (χ1n) is 6.61. The van der Waals surface area contributed by atoms with E-state index in [0.717, 1.165) is 19.6 Å². The average molecular weight is 319 g/mol. The van der Waals surface area contributed by atoms with Crippen molar-refractivity contribution in [3.63, 3.8) is 0 Å². The number of hydrogen-bond donors (Lipinski definition) is 1. The van der Waals surface area contributed by atoms with Crippen LogP contribution in [-0.2, 0) is 16.6 Å². The zero-order valence-electron chi connectivity index (χ0n) is 11.4. The van der Waals surface area contributed by atoms with Crippen LogP contribution in [0, 0.1) is 0 Å². The highest BCUT2D eigenvalue weighted by Crippen LogP contribution is 2.23. The second-order valence-electron chi connectivity index (χ2n) is 4.75. The molecule has 1 N–H and O–H groups in total. The van der Waals surface area contributed by atoms with E-state index in [-0.39, 0.29) is 11.5 Å². The predicted octanol–water partition coefficient (Wildman–Crippen LogP) is 1.16. The molecule has 0 unspecified atom stereocenters. The van der Waals surface area contributed by atoms with E-state index in [1.165, 1.54) is 22.5 Å². The molecule has 0 radical (unpaired) electrons. The van der Waals surface area contributed by atoms with Crippen molar-refractivity contribution in [1.82, 2.24) is 9.21 Å². The Labute approximate surface area is 124 Å². The fourth-order valence-electron chi connectivity index (χ4n) is 2.27. The third-order valence-electron chi connectivity index (χ3n) is 3.60. The van der Waals surface area contributed by atoms with E-state index in [2.05, 4.69) is 11.8 Å². The topological polar surface area (TPSA) is 60.9 Å². The van der Waals surface area contributed by atoms with Gasteiger partial charge in [-0.2, -0.15) is 4.31 Å².